The average Bonchev–Trinajstić information content (AvgIpc) is 2.91. The Hall–Kier alpha value is -2.76. The molecule has 0 spiro atoms. The molecule has 0 unspecified atom stereocenters. The van der Waals surface area contributed by atoms with Gasteiger partial charge in [0.1, 0.15) is 12.9 Å². The van der Waals surface area contributed by atoms with Gasteiger partial charge in [-0.15, -0.1) is 5.10 Å². The van der Waals surface area contributed by atoms with Gasteiger partial charge in [-0.1, -0.05) is 30.3 Å². The molecule has 19 heavy (non-hydrogen) atoms. The minimum atomic E-state index is -0.164. The first-order chi connectivity index (χ1) is 9.31. The van der Waals surface area contributed by atoms with E-state index in [2.05, 4.69) is 20.8 Å². The monoisotopic (exact) mass is 253 g/mol. The summed E-state index contributed by atoms with van der Waals surface area (Å²) in [7, 11) is 0. The zero-order valence-corrected chi connectivity index (χ0v) is 10.0. The Balaban J connectivity index is 1.75. The van der Waals surface area contributed by atoms with E-state index in [4.69, 9.17) is 0 Å². The summed E-state index contributed by atoms with van der Waals surface area (Å²) in [6, 6.07) is 13.8. The van der Waals surface area contributed by atoms with Gasteiger partial charge in [0.15, 0.2) is 0 Å². The topological polar surface area (TPSA) is 72.7 Å². The molecule has 1 N–H and O–H groups in total. The van der Waals surface area contributed by atoms with Gasteiger partial charge in [0.2, 0.25) is 5.91 Å². The van der Waals surface area contributed by atoms with Crippen molar-refractivity contribution in [2.24, 2.45) is 0 Å². The third kappa shape index (κ3) is 2.57. The predicted octanol–water partition coefficient (Wildman–Crippen LogP) is 1.46. The molecule has 6 nitrogen and oxygen atoms in total. The van der Waals surface area contributed by atoms with E-state index in [1.807, 2.05) is 42.5 Å². The van der Waals surface area contributed by atoms with Gasteiger partial charge in [0.05, 0.1) is 0 Å². The zero-order chi connectivity index (χ0) is 13.1. The molecule has 3 aromatic rings. The second kappa shape index (κ2) is 4.85. The second-order valence-electron chi connectivity index (χ2n) is 4.12. The molecule has 0 aliphatic heterocycles. The molecule has 3 rings (SSSR count). The summed E-state index contributed by atoms with van der Waals surface area (Å²) < 4.78 is 1.37. The molecule has 1 aromatic heterocycles. The highest BCUT2D eigenvalue weighted by atomic mass is 16.2. The fourth-order valence-electron chi connectivity index (χ4n) is 1.87. The van der Waals surface area contributed by atoms with Gasteiger partial charge < -0.3 is 5.32 Å². The first kappa shape index (κ1) is 11.3. The van der Waals surface area contributed by atoms with Gasteiger partial charge in [0, 0.05) is 5.69 Å². The molecule has 0 aliphatic rings. The van der Waals surface area contributed by atoms with Crippen molar-refractivity contribution in [1.82, 2.24) is 20.2 Å². The van der Waals surface area contributed by atoms with Crippen LogP contribution in [-0.4, -0.2) is 26.1 Å². The van der Waals surface area contributed by atoms with Crippen LogP contribution < -0.4 is 5.32 Å². The standard InChI is InChI=1S/C13H11N5O/c19-13(8-18-9-14-16-17-18)15-12-6-5-10-3-1-2-4-11(10)7-12/h1-7,9H,8H2,(H,15,19). The van der Waals surface area contributed by atoms with E-state index in [1.165, 1.54) is 11.0 Å². The Morgan fingerprint density at radius 1 is 1.16 bits per heavy atom. The van der Waals surface area contributed by atoms with Crippen LogP contribution in [-0.2, 0) is 11.3 Å². The van der Waals surface area contributed by atoms with Crippen LogP contribution >= 0.6 is 0 Å². The van der Waals surface area contributed by atoms with Crippen molar-refractivity contribution in [2.45, 2.75) is 6.54 Å². The number of anilines is 1. The van der Waals surface area contributed by atoms with Crippen molar-refractivity contribution in [2.75, 3.05) is 5.32 Å². The summed E-state index contributed by atoms with van der Waals surface area (Å²) in [4.78, 5) is 11.8. The summed E-state index contributed by atoms with van der Waals surface area (Å²) >= 11 is 0. The molecule has 0 fully saturated rings. The number of nitrogens with one attached hydrogen (secondary N) is 1. The van der Waals surface area contributed by atoms with E-state index in [9.17, 15) is 4.79 Å². The van der Waals surface area contributed by atoms with E-state index >= 15 is 0 Å². The number of rotatable bonds is 3. The quantitative estimate of drug-likeness (QED) is 0.767. The maximum Gasteiger partial charge on any atom is 0.246 e. The Morgan fingerprint density at radius 3 is 2.79 bits per heavy atom. The van der Waals surface area contributed by atoms with E-state index in [1.54, 1.807) is 0 Å². The number of fused-ring (bicyclic) bond motifs is 1. The molecule has 6 heteroatoms. The smallest absolute Gasteiger partial charge is 0.246 e. The fourth-order valence-corrected chi connectivity index (χ4v) is 1.87. The summed E-state index contributed by atoms with van der Waals surface area (Å²) in [6.45, 7) is 0.0971. The van der Waals surface area contributed by atoms with Gasteiger partial charge in [-0.3, -0.25) is 4.79 Å². The largest absolute Gasteiger partial charge is 0.324 e. The van der Waals surface area contributed by atoms with E-state index < -0.39 is 0 Å². The van der Waals surface area contributed by atoms with Crippen LogP contribution in [0, 0.1) is 0 Å². The van der Waals surface area contributed by atoms with Crippen LogP contribution in [0.3, 0.4) is 0 Å². The lowest BCUT2D eigenvalue weighted by atomic mass is 10.1. The third-order valence-electron chi connectivity index (χ3n) is 2.73. The SMILES string of the molecule is O=C(Cn1cnnn1)Nc1ccc2ccccc2c1. The summed E-state index contributed by atoms with van der Waals surface area (Å²) in [5.74, 6) is -0.164. The third-order valence-corrected chi connectivity index (χ3v) is 2.73. The van der Waals surface area contributed by atoms with E-state index in [-0.39, 0.29) is 12.5 Å². The normalized spacial score (nSPS) is 10.5. The fraction of sp³-hybridized carbons (Fsp3) is 0.0769. The Labute approximate surface area is 109 Å². The summed E-state index contributed by atoms with van der Waals surface area (Å²) in [5.41, 5.74) is 0.761. The summed E-state index contributed by atoms with van der Waals surface area (Å²) in [6.07, 6.45) is 1.40. The van der Waals surface area contributed by atoms with Gasteiger partial charge in [-0.25, -0.2) is 4.68 Å². The Bertz CT molecular complexity index is 708. The highest BCUT2D eigenvalue weighted by Gasteiger charge is 2.04. The Morgan fingerprint density at radius 2 is 2.00 bits per heavy atom. The number of benzene rings is 2. The van der Waals surface area contributed by atoms with Crippen LogP contribution in [0.4, 0.5) is 5.69 Å². The van der Waals surface area contributed by atoms with Gasteiger partial charge in [-0.2, -0.15) is 0 Å². The molecule has 0 aliphatic carbocycles. The Kier molecular flexibility index (Phi) is 2.89. The van der Waals surface area contributed by atoms with Gasteiger partial charge in [0.25, 0.3) is 0 Å². The number of nitrogens with zero attached hydrogens (tertiary/aromatic N) is 4. The van der Waals surface area contributed by atoms with Crippen LogP contribution in [0.2, 0.25) is 0 Å². The van der Waals surface area contributed by atoms with Crippen LogP contribution in [0.5, 0.6) is 0 Å². The minimum Gasteiger partial charge on any atom is -0.324 e. The molecule has 0 atom stereocenters. The van der Waals surface area contributed by atoms with Crippen molar-refractivity contribution in [3.05, 3.63) is 48.8 Å². The van der Waals surface area contributed by atoms with Crippen molar-refractivity contribution in [1.29, 1.82) is 0 Å². The van der Waals surface area contributed by atoms with Crippen LogP contribution in [0.25, 0.3) is 10.8 Å². The van der Waals surface area contributed by atoms with Crippen molar-refractivity contribution < 1.29 is 4.79 Å². The lowest BCUT2D eigenvalue weighted by molar-refractivity contribution is -0.116. The van der Waals surface area contributed by atoms with Gasteiger partial charge >= 0.3 is 0 Å². The maximum atomic E-state index is 11.8. The highest BCUT2D eigenvalue weighted by molar-refractivity contribution is 5.94. The molecule has 94 valence electrons. The molecule has 1 heterocycles. The highest BCUT2D eigenvalue weighted by Crippen LogP contribution is 2.18. The molecule has 0 radical (unpaired) electrons. The van der Waals surface area contributed by atoms with Crippen LogP contribution in [0.1, 0.15) is 0 Å². The number of tetrazole rings is 1. The number of hydrogen-bond acceptors (Lipinski definition) is 4. The molecule has 0 bridgehead atoms. The number of carbonyl (C=O) groups excluding carboxylic acids is 1. The first-order valence-electron chi connectivity index (χ1n) is 5.81. The molecule has 0 saturated heterocycles. The van der Waals surface area contributed by atoms with Gasteiger partial charge in [-0.05, 0) is 33.3 Å². The van der Waals surface area contributed by atoms with Crippen molar-refractivity contribution >= 4 is 22.4 Å². The number of amides is 1. The molecular formula is C13H11N5O. The number of carbonyl (C=O) groups is 1. The van der Waals surface area contributed by atoms with Crippen molar-refractivity contribution in [3.8, 4) is 0 Å². The second-order valence-corrected chi connectivity index (χ2v) is 4.12. The first-order valence-corrected chi connectivity index (χ1v) is 5.81. The molecular weight excluding hydrogens is 242 g/mol. The lowest BCUT2D eigenvalue weighted by Crippen LogP contribution is -2.19. The maximum absolute atomic E-state index is 11.8. The average molecular weight is 253 g/mol. The van der Waals surface area contributed by atoms with Crippen LogP contribution in [0.15, 0.2) is 48.8 Å². The number of aromatic nitrogens is 4. The molecule has 2 aromatic carbocycles. The number of hydrogen-bond donors (Lipinski definition) is 1. The zero-order valence-electron chi connectivity index (χ0n) is 10.0. The van der Waals surface area contributed by atoms with Crippen molar-refractivity contribution in [3.63, 3.8) is 0 Å². The van der Waals surface area contributed by atoms with E-state index in [0.717, 1.165) is 16.5 Å². The summed E-state index contributed by atoms with van der Waals surface area (Å²) in [5, 5.41) is 15.6. The minimum absolute atomic E-state index is 0.0971. The van der Waals surface area contributed by atoms with E-state index in [0.29, 0.717) is 0 Å². The predicted molar refractivity (Wildman–Crippen MR) is 70.4 cm³/mol. The molecule has 1 amide bonds. The molecule has 0 saturated carbocycles. The lowest BCUT2D eigenvalue weighted by Gasteiger charge is -2.06.